The second-order valence-electron chi connectivity index (χ2n) is 6.96. The van der Waals surface area contributed by atoms with Crippen LogP contribution in [0.3, 0.4) is 0 Å². The fourth-order valence-electron chi connectivity index (χ4n) is 2.90. The number of anilines is 3. The molecule has 3 N–H and O–H groups in total. The molecule has 0 fully saturated rings. The molecular weight excluding hydrogens is 338 g/mol. The SMILES string of the molecule is CC[C@@H](C)c1ccccc1NC(=O)[C@H](C)Nc1ccc(NC(C)=O)c(C)c1. The molecule has 0 spiro atoms. The minimum atomic E-state index is -0.402. The van der Waals surface area contributed by atoms with Crippen LogP contribution in [0.15, 0.2) is 42.5 Å². The number of para-hydroxylation sites is 1. The Bertz CT molecular complexity index is 817. The molecule has 0 aromatic heterocycles. The third-order valence-electron chi connectivity index (χ3n) is 4.68. The summed E-state index contributed by atoms with van der Waals surface area (Å²) in [7, 11) is 0. The number of rotatable bonds is 7. The van der Waals surface area contributed by atoms with Crippen molar-refractivity contribution in [1.82, 2.24) is 0 Å². The van der Waals surface area contributed by atoms with Gasteiger partial charge in [0.25, 0.3) is 0 Å². The lowest BCUT2D eigenvalue weighted by Crippen LogP contribution is -2.32. The molecule has 0 saturated heterocycles. The Kier molecular flexibility index (Phi) is 6.99. The lowest BCUT2D eigenvalue weighted by Gasteiger charge is -2.19. The minimum absolute atomic E-state index is 0.0886. The van der Waals surface area contributed by atoms with Crippen molar-refractivity contribution in [3.8, 4) is 0 Å². The second kappa shape index (κ2) is 9.21. The number of carbonyl (C=O) groups excluding carboxylic acids is 2. The van der Waals surface area contributed by atoms with Crippen molar-refractivity contribution >= 4 is 28.9 Å². The van der Waals surface area contributed by atoms with Crippen molar-refractivity contribution < 1.29 is 9.59 Å². The Labute approximate surface area is 161 Å². The first-order chi connectivity index (χ1) is 12.8. The number of aryl methyl sites for hydroxylation is 1. The Balaban J connectivity index is 2.06. The molecule has 0 unspecified atom stereocenters. The summed E-state index contributed by atoms with van der Waals surface area (Å²) in [6.45, 7) is 9.53. The summed E-state index contributed by atoms with van der Waals surface area (Å²) in [5.74, 6) is 0.189. The predicted molar refractivity (Wildman–Crippen MR) is 112 cm³/mol. The van der Waals surface area contributed by atoms with Gasteiger partial charge in [0.2, 0.25) is 11.8 Å². The minimum Gasteiger partial charge on any atom is -0.374 e. The van der Waals surface area contributed by atoms with Gasteiger partial charge in [-0.05, 0) is 61.6 Å². The van der Waals surface area contributed by atoms with E-state index in [1.807, 2.05) is 50.2 Å². The van der Waals surface area contributed by atoms with Gasteiger partial charge in [-0.15, -0.1) is 0 Å². The lowest BCUT2D eigenvalue weighted by atomic mass is 9.97. The van der Waals surface area contributed by atoms with Gasteiger partial charge in [0.1, 0.15) is 6.04 Å². The zero-order valence-corrected chi connectivity index (χ0v) is 16.7. The first-order valence-electron chi connectivity index (χ1n) is 9.36. The van der Waals surface area contributed by atoms with Gasteiger partial charge in [-0.2, -0.15) is 0 Å². The van der Waals surface area contributed by atoms with Crippen molar-refractivity contribution in [1.29, 1.82) is 0 Å². The predicted octanol–water partition coefficient (Wildman–Crippen LogP) is 4.91. The molecular formula is C22H29N3O2. The first kappa shape index (κ1) is 20.5. The third kappa shape index (κ3) is 5.58. The molecule has 0 aliphatic heterocycles. The number of nitrogens with one attached hydrogen (secondary N) is 3. The molecule has 144 valence electrons. The van der Waals surface area contributed by atoms with Gasteiger partial charge >= 0.3 is 0 Å². The highest BCUT2D eigenvalue weighted by Crippen LogP contribution is 2.27. The number of carbonyl (C=O) groups is 2. The molecule has 0 saturated carbocycles. The van der Waals surface area contributed by atoms with Gasteiger partial charge in [0, 0.05) is 24.0 Å². The maximum atomic E-state index is 12.6. The zero-order chi connectivity index (χ0) is 20.0. The Hall–Kier alpha value is -2.82. The topological polar surface area (TPSA) is 70.2 Å². The fourth-order valence-corrected chi connectivity index (χ4v) is 2.90. The van der Waals surface area contributed by atoms with Crippen LogP contribution in [0.5, 0.6) is 0 Å². The van der Waals surface area contributed by atoms with Gasteiger partial charge in [0.05, 0.1) is 0 Å². The smallest absolute Gasteiger partial charge is 0.246 e. The number of hydrogen-bond acceptors (Lipinski definition) is 3. The third-order valence-corrected chi connectivity index (χ3v) is 4.68. The van der Waals surface area contributed by atoms with Gasteiger partial charge in [-0.3, -0.25) is 9.59 Å². The average molecular weight is 367 g/mol. The highest BCUT2D eigenvalue weighted by molar-refractivity contribution is 5.97. The van der Waals surface area contributed by atoms with E-state index in [0.29, 0.717) is 5.92 Å². The second-order valence-corrected chi connectivity index (χ2v) is 6.96. The van der Waals surface area contributed by atoms with Crippen molar-refractivity contribution in [2.24, 2.45) is 0 Å². The lowest BCUT2D eigenvalue weighted by molar-refractivity contribution is -0.116. The average Bonchev–Trinajstić information content (AvgIpc) is 2.63. The van der Waals surface area contributed by atoms with Crippen LogP contribution in [0, 0.1) is 6.92 Å². The molecule has 27 heavy (non-hydrogen) atoms. The van der Waals surface area contributed by atoms with Gasteiger partial charge < -0.3 is 16.0 Å². The van der Waals surface area contributed by atoms with Crippen molar-refractivity contribution in [2.45, 2.75) is 53.0 Å². The molecule has 2 aromatic carbocycles. The van der Waals surface area contributed by atoms with Crippen LogP contribution < -0.4 is 16.0 Å². The molecule has 2 atom stereocenters. The Morgan fingerprint density at radius 2 is 1.70 bits per heavy atom. The van der Waals surface area contributed by atoms with E-state index in [9.17, 15) is 9.59 Å². The molecule has 0 radical (unpaired) electrons. The molecule has 0 bridgehead atoms. The van der Waals surface area contributed by atoms with Crippen LogP contribution in [0.2, 0.25) is 0 Å². The summed E-state index contributed by atoms with van der Waals surface area (Å²) in [5, 5.41) is 9.05. The van der Waals surface area contributed by atoms with E-state index < -0.39 is 6.04 Å². The van der Waals surface area contributed by atoms with E-state index in [1.165, 1.54) is 6.92 Å². The molecule has 0 heterocycles. The largest absolute Gasteiger partial charge is 0.374 e. The van der Waals surface area contributed by atoms with E-state index in [1.54, 1.807) is 0 Å². The molecule has 0 aliphatic carbocycles. The van der Waals surface area contributed by atoms with Gasteiger partial charge in [-0.1, -0.05) is 32.0 Å². The van der Waals surface area contributed by atoms with Crippen LogP contribution >= 0.6 is 0 Å². The van der Waals surface area contributed by atoms with Crippen molar-refractivity contribution in [2.75, 3.05) is 16.0 Å². The molecule has 5 heteroatoms. The standard InChI is InChI=1S/C22H29N3O2/c1-6-14(2)19-9-7-8-10-21(19)25-22(27)16(4)23-18-11-12-20(15(3)13-18)24-17(5)26/h7-14,16,23H,6H2,1-5H3,(H,24,26)(H,25,27)/t14-,16+/m1/s1. The van der Waals surface area contributed by atoms with E-state index in [4.69, 9.17) is 0 Å². The van der Waals surface area contributed by atoms with E-state index >= 15 is 0 Å². The van der Waals surface area contributed by atoms with E-state index in [0.717, 1.165) is 34.6 Å². The van der Waals surface area contributed by atoms with Crippen LogP contribution in [0.1, 0.15) is 51.2 Å². The molecule has 2 amide bonds. The summed E-state index contributed by atoms with van der Waals surface area (Å²) in [5.41, 5.74) is 4.55. The maximum Gasteiger partial charge on any atom is 0.246 e. The van der Waals surface area contributed by atoms with Crippen LogP contribution in [0.25, 0.3) is 0 Å². The monoisotopic (exact) mass is 367 g/mol. The highest BCUT2D eigenvalue weighted by Gasteiger charge is 2.16. The summed E-state index contributed by atoms with van der Waals surface area (Å²) in [6, 6.07) is 13.1. The van der Waals surface area contributed by atoms with Crippen LogP contribution in [0.4, 0.5) is 17.1 Å². The van der Waals surface area contributed by atoms with Crippen molar-refractivity contribution in [3.63, 3.8) is 0 Å². The van der Waals surface area contributed by atoms with E-state index in [2.05, 4.69) is 35.9 Å². The van der Waals surface area contributed by atoms with Crippen molar-refractivity contribution in [3.05, 3.63) is 53.6 Å². The summed E-state index contributed by atoms with van der Waals surface area (Å²) >= 11 is 0. The summed E-state index contributed by atoms with van der Waals surface area (Å²) in [4.78, 5) is 23.9. The number of amides is 2. The van der Waals surface area contributed by atoms with Gasteiger partial charge in [-0.25, -0.2) is 0 Å². The fraction of sp³-hybridized carbons (Fsp3) is 0.364. The van der Waals surface area contributed by atoms with Crippen LogP contribution in [-0.2, 0) is 9.59 Å². The molecule has 2 rings (SSSR count). The molecule has 5 nitrogen and oxygen atoms in total. The Morgan fingerprint density at radius 3 is 2.33 bits per heavy atom. The number of hydrogen-bond donors (Lipinski definition) is 3. The zero-order valence-electron chi connectivity index (χ0n) is 16.7. The highest BCUT2D eigenvalue weighted by atomic mass is 16.2. The Morgan fingerprint density at radius 1 is 1.00 bits per heavy atom. The summed E-state index contributed by atoms with van der Waals surface area (Å²) in [6.07, 6.45) is 1.01. The maximum absolute atomic E-state index is 12.6. The number of benzene rings is 2. The summed E-state index contributed by atoms with van der Waals surface area (Å²) < 4.78 is 0. The molecule has 0 aliphatic rings. The van der Waals surface area contributed by atoms with Gasteiger partial charge in [0.15, 0.2) is 0 Å². The normalized spacial score (nSPS) is 12.8. The quantitative estimate of drug-likeness (QED) is 0.651. The molecule has 2 aromatic rings. The van der Waals surface area contributed by atoms with Crippen LogP contribution in [-0.4, -0.2) is 17.9 Å². The first-order valence-corrected chi connectivity index (χ1v) is 9.36. The van der Waals surface area contributed by atoms with E-state index in [-0.39, 0.29) is 11.8 Å².